The highest BCUT2D eigenvalue weighted by atomic mass is 16.5. The Bertz CT molecular complexity index is 600. The molecule has 0 unspecified atom stereocenters. The first kappa shape index (κ1) is 13.8. The molecule has 0 aromatic carbocycles. The number of hydrogen-bond donors (Lipinski definition) is 2. The van der Waals surface area contributed by atoms with Gasteiger partial charge in [-0.3, -0.25) is 9.48 Å². The number of anilines is 1. The number of carbonyl (C=O) groups is 1. The molecule has 1 amide bonds. The van der Waals surface area contributed by atoms with Gasteiger partial charge in [-0.25, -0.2) is 4.98 Å². The van der Waals surface area contributed by atoms with E-state index in [4.69, 9.17) is 4.74 Å². The van der Waals surface area contributed by atoms with Gasteiger partial charge in [-0.05, 0) is 19.8 Å². The zero-order valence-corrected chi connectivity index (χ0v) is 12.2. The van der Waals surface area contributed by atoms with Crippen LogP contribution in [-0.4, -0.2) is 32.3 Å². The summed E-state index contributed by atoms with van der Waals surface area (Å²) >= 11 is 0. The number of rotatable bonds is 3. The lowest BCUT2D eigenvalue weighted by Crippen LogP contribution is -2.33. The maximum Gasteiger partial charge on any atom is 0.231 e. The molecule has 112 valence electrons. The van der Waals surface area contributed by atoms with Crippen LogP contribution in [0.3, 0.4) is 0 Å². The summed E-state index contributed by atoms with van der Waals surface area (Å²) in [5.41, 5.74) is 0.993. The predicted molar refractivity (Wildman–Crippen MR) is 76.6 cm³/mol. The average Bonchev–Trinajstić information content (AvgIpc) is 3.10. The number of aromatic amines is 1. The molecule has 0 saturated carbocycles. The Labute approximate surface area is 122 Å². The van der Waals surface area contributed by atoms with Crippen LogP contribution in [0.5, 0.6) is 0 Å². The highest BCUT2D eigenvalue weighted by Crippen LogP contribution is 2.32. The smallest absolute Gasteiger partial charge is 0.231 e. The molecular weight excluding hydrogens is 270 g/mol. The van der Waals surface area contributed by atoms with Crippen molar-refractivity contribution in [3.63, 3.8) is 0 Å². The summed E-state index contributed by atoms with van der Waals surface area (Å²) < 4.78 is 7.48. The largest absolute Gasteiger partial charge is 0.369 e. The number of imidazole rings is 1. The number of aryl methyl sites for hydroxylation is 2. The normalized spacial score (nSPS) is 22.2. The number of nitrogens with one attached hydrogen (secondary N) is 2. The summed E-state index contributed by atoms with van der Waals surface area (Å²) in [6, 6.07) is 1.85. The Morgan fingerprint density at radius 1 is 1.57 bits per heavy atom. The summed E-state index contributed by atoms with van der Waals surface area (Å²) in [4.78, 5) is 19.8. The molecule has 2 atom stereocenters. The van der Waals surface area contributed by atoms with Crippen molar-refractivity contribution in [2.24, 2.45) is 13.0 Å². The minimum atomic E-state index is -0.321. The van der Waals surface area contributed by atoms with Gasteiger partial charge in [0.25, 0.3) is 0 Å². The maximum absolute atomic E-state index is 12.5. The van der Waals surface area contributed by atoms with E-state index >= 15 is 0 Å². The monoisotopic (exact) mass is 289 g/mol. The van der Waals surface area contributed by atoms with Gasteiger partial charge in [0.05, 0.1) is 5.92 Å². The standard InChI is InChI=1S/C14H19N5O2/c1-9-8-11(18-19(9)2)17-14(20)10-4-3-7-21-12(10)13-15-5-6-16-13/h5-6,8,10,12H,3-4,7H2,1-2H3,(H,15,16)(H,17,18,20)/t10-,12-/m1/s1. The Kier molecular flexibility index (Phi) is 3.74. The van der Waals surface area contributed by atoms with Crippen LogP contribution >= 0.6 is 0 Å². The van der Waals surface area contributed by atoms with Crippen molar-refractivity contribution in [3.8, 4) is 0 Å². The van der Waals surface area contributed by atoms with Gasteiger partial charge in [0.2, 0.25) is 5.91 Å². The highest BCUT2D eigenvalue weighted by Gasteiger charge is 2.34. The Hall–Kier alpha value is -2.15. The molecule has 3 heterocycles. The van der Waals surface area contributed by atoms with E-state index in [0.717, 1.165) is 18.5 Å². The van der Waals surface area contributed by atoms with E-state index in [-0.39, 0.29) is 17.9 Å². The predicted octanol–water partition coefficient (Wildman–Crippen LogP) is 1.56. The lowest BCUT2D eigenvalue weighted by atomic mass is 9.93. The molecule has 1 fully saturated rings. The van der Waals surface area contributed by atoms with Gasteiger partial charge in [-0.15, -0.1) is 0 Å². The van der Waals surface area contributed by atoms with Crippen LogP contribution in [0.25, 0.3) is 0 Å². The molecular formula is C14H19N5O2. The van der Waals surface area contributed by atoms with Crippen molar-refractivity contribution < 1.29 is 9.53 Å². The second-order valence-electron chi connectivity index (χ2n) is 5.30. The number of aromatic nitrogens is 4. The SMILES string of the molecule is Cc1cc(NC(=O)[C@@H]2CCCO[C@H]2c2ncc[nH]2)nn1C. The van der Waals surface area contributed by atoms with Crippen molar-refractivity contribution in [1.29, 1.82) is 0 Å². The topological polar surface area (TPSA) is 84.8 Å². The third kappa shape index (κ3) is 2.82. The highest BCUT2D eigenvalue weighted by molar-refractivity contribution is 5.92. The molecule has 1 aliphatic heterocycles. The number of ether oxygens (including phenoxy) is 1. The second-order valence-corrected chi connectivity index (χ2v) is 5.30. The zero-order valence-electron chi connectivity index (χ0n) is 12.2. The molecule has 2 aromatic rings. The van der Waals surface area contributed by atoms with Crippen LogP contribution in [0.4, 0.5) is 5.82 Å². The Morgan fingerprint density at radius 2 is 2.43 bits per heavy atom. The number of carbonyl (C=O) groups excluding carboxylic acids is 1. The Morgan fingerprint density at radius 3 is 3.10 bits per heavy atom. The van der Waals surface area contributed by atoms with Crippen molar-refractivity contribution in [2.75, 3.05) is 11.9 Å². The molecule has 7 nitrogen and oxygen atoms in total. The minimum absolute atomic E-state index is 0.0748. The molecule has 0 aliphatic carbocycles. The van der Waals surface area contributed by atoms with E-state index in [1.807, 2.05) is 20.0 Å². The van der Waals surface area contributed by atoms with Crippen LogP contribution in [0.2, 0.25) is 0 Å². The fraction of sp³-hybridized carbons (Fsp3) is 0.500. The molecule has 1 aliphatic rings. The van der Waals surface area contributed by atoms with Crippen LogP contribution in [0.15, 0.2) is 18.5 Å². The summed E-state index contributed by atoms with van der Waals surface area (Å²) in [5, 5.41) is 7.13. The third-order valence-electron chi connectivity index (χ3n) is 3.81. The van der Waals surface area contributed by atoms with Gasteiger partial charge in [-0.1, -0.05) is 0 Å². The van der Waals surface area contributed by atoms with E-state index in [2.05, 4.69) is 20.4 Å². The lowest BCUT2D eigenvalue weighted by molar-refractivity contribution is -0.129. The van der Waals surface area contributed by atoms with Gasteiger partial charge in [-0.2, -0.15) is 5.10 Å². The van der Waals surface area contributed by atoms with Gasteiger partial charge in [0.1, 0.15) is 11.9 Å². The van der Waals surface area contributed by atoms with Crippen LogP contribution < -0.4 is 5.32 Å². The molecule has 2 N–H and O–H groups in total. The van der Waals surface area contributed by atoms with Crippen LogP contribution in [0.1, 0.15) is 30.5 Å². The van der Waals surface area contributed by atoms with Gasteiger partial charge >= 0.3 is 0 Å². The summed E-state index contributed by atoms with van der Waals surface area (Å²) in [7, 11) is 1.85. The van der Waals surface area contributed by atoms with E-state index in [0.29, 0.717) is 18.2 Å². The minimum Gasteiger partial charge on any atom is -0.369 e. The van der Waals surface area contributed by atoms with Crippen LogP contribution in [0, 0.1) is 12.8 Å². The van der Waals surface area contributed by atoms with E-state index in [1.165, 1.54) is 0 Å². The Balaban J connectivity index is 1.75. The number of H-pyrrole nitrogens is 1. The summed E-state index contributed by atoms with van der Waals surface area (Å²) in [6.45, 7) is 2.59. The first-order valence-electron chi connectivity index (χ1n) is 7.07. The van der Waals surface area contributed by atoms with E-state index in [9.17, 15) is 4.79 Å². The van der Waals surface area contributed by atoms with E-state index in [1.54, 1.807) is 17.1 Å². The number of hydrogen-bond acceptors (Lipinski definition) is 4. The molecule has 1 saturated heterocycles. The number of nitrogens with zero attached hydrogens (tertiary/aromatic N) is 3. The average molecular weight is 289 g/mol. The molecule has 0 radical (unpaired) electrons. The van der Waals surface area contributed by atoms with Crippen molar-refractivity contribution in [1.82, 2.24) is 19.7 Å². The second kappa shape index (κ2) is 5.69. The van der Waals surface area contributed by atoms with Gasteiger partial charge in [0.15, 0.2) is 5.82 Å². The molecule has 7 heteroatoms. The van der Waals surface area contributed by atoms with E-state index < -0.39 is 0 Å². The lowest BCUT2D eigenvalue weighted by Gasteiger charge is -2.29. The maximum atomic E-state index is 12.5. The quantitative estimate of drug-likeness (QED) is 0.898. The summed E-state index contributed by atoms with van der Waals surface area (Å²) in [6.07, 6.45) is 4.74. The third-order valence-corrected chi connectivity index (χ3v) is 3.81. The molecule has 0 spiro atoms. The van der Waals surface area contributed by atoms with Crippen molar-refractivity contribution in [2.45, 2.75) is 25.9 Å². The van der Waals surface area contributed by atoms with Crippen molar-refractivity contribution >= 4 is 11.7 Å². The molecule has 0 bridgehead atoms. The summed E-state index contributed by atoms with van der Waals surface area (Å²) in [5.74, 6) is 0.942. The molecule has 2 aromatic heterocycles. The zero-order chi connectivity index (χ0) is 14.8. The fourth-order valence-electron chi connectivity index (χ4n) is 2.59. The van der Waals surface area contributed by atoms with Crippen molar-refractivity contribution in [3.05, 3.63) is 30.0 Å². The fourth-order valence-corrected chi connectivity index (χ4v) is 2.59. The van der Waals surface area contributed by atoms with Crippen LogP contribution in [-0.2, 0) is 16.6 Å². The van der Waals surface area contributed by atoms with Gasteiger partial charge < -0.3 is 15.0 Å². The first-order chi connectivity index (χ1) is 10.1. The number of amides is 1. The first-order valence-corrected chi connectivity index (χ1v) is 7.07. The molecule has 21 heavy (non-hydrogen) atoms. The van der Waals surface area contributed by atoms with Gasteiger partial charge in [0, 0.05) is 37.8 Å². The molecule has 3 rings (SSSR count).